The number of halogens is 1. The van der Waals surface area contributed by atoms with Gasteiger partial charge >= 0.3 is 0 Å². The topological polar surface area (TPSA) is 70.9 Å². The third-order valence-corrected chi connectivity index (χ3v) is 3.86. The van der Waals surface area contributed by atoms with Crippen LogP contribution in [0.15, 0.2) is 58.6 Å². The first-order chi connectivity index (χ1) is 12.1. The summed E-state index contributed by atoms with van der Waals surface area (Å²) in [5.74, 6) is 0.204. The first-order valence-corrected chi connectivity index (χ1v) is 8.53. The average Bonchev–Trinajstić information content (AvgIpc) is 2.60. The fraction of sp³-hybridized carbons (Fsp3) is 0.158. The van der Waals surface area contributed by atoms with Crippen molar-refractivity contribution in [2.75, 3.05) is 6.61 Å². The zero-order valence-electron chi connectivity index (χ0n) is 13.8. The zero-order chi connectivity index (χ0) is 18.2. The van der Waals surface area contributed by atoms with Gasteiger partial charge in [-0.25, -0.2) is 5.43 Å². The summed E-state index contributed by atoms with van der Waals surface area (Å²) in [6, 6.07) is 10.5. The Kier molecular flexibility index (Phi) is 6.77. The minimum atomic E-state index is -0.400. The van der Waals surface area contributed by atoms with Gasteiger partial charge < -0.3 is 9.84 Å². The highest BCUT2D eigenvalue weighted by Crippen LogP contribution is 2.24. The predicted molar refractivity (Wildman–Crippen MR) is 102 cm³/mol. The number of allylic oxidation sites excluding steroid dienone is 1. The smallest absolute Gasteiger partial charge is 0.275 e. The third-order valence-electron chi connectivity index (χ3n) is 3.37. The van der Waals surface area contributed by atoms with Gasteiger partial charge in [0.2, 0.25) is 0 Å². The number of amides is 1. The van der Waals surface area contributed by atoms with Crippen molar-refractivity contribution in [3.05, 3.63) is 70.2 Å². The van der Waals surface area contributed by atoms with Crippen LogP contribution in [0, 0.1) is 0 Å². The standard InChI is InChI=1S/C19H19BrN2O3/c1-3-6-13-7-5-8-14(18(13)23)12-21-22-19(24)16-11-15(20)9-10-17(16)25-4-2/h3,5,7-12,23H,1,4,6H2,2H3,(H,22,24). The summed E-state index contributed by atoms with van der Waals surface area (Å²) in [5, 5.41) is 14.1. The van der Waals surface area contributed by atoms with Crippen LogP contribution in [0.5, 0.6) is 11.5 Å². The number of phenolic OH excluding ortho intramolecular Hbond substituents is 1. The van der Waals surface area contributed by atoms with Crippen molar-refractivity contribution in [3.63, 3.8) is 0 Å². The molecule has 0 saturated heterocycles. The molecule has 0 aromatic heterocycles. The lowest BCUT2D eigenvalue weighted by molar-refractivity contribution is 0.0951. The monoisotopic (exact) mass is 402 g/mol. The molecule has 6 heteroatoms. The molecule has 0 spiro atoms. The van der Waals surface area contributed by atoms with E-state index in [-0.39, 0.29) is 5.75 Å². The Morgan fingerprint density at radius 3 is 2.92 bits per heavy atom. The quantitative estimate of drug-likeness (QED) is 0.416. The molecule has 130 valence electrons. The molecule has 0 aliphatic heterocycles. The van der Waals surface area contributed by atoms with E-state index in [4.69, 9.17) is 4.74 Å². The first-order valence-electron chi connectivity index (χ1n) is 7.74. The van der Waals surface area contributed by atoms with Crippen molar-refractivity contribution in [2.24, 2.45) is 5.10 Å². The van der Waals surface area contributed by atoms with Crippen molar-refractivity contribution in [3.8, 4) is 11.5 Å². The summed E-state index contributed by atoms with van der Waals surface area (Å²) >= 11 is 3.34. The second-order valence-electron chi connectivity index (χ2n) is 5.12. The second-order valence-corrected chi connectivity index (χ2v) is 6.04. The fourth-order valence-corrected chi connectivity index (χ4v) is 2.58. The molecule has 0 saturated carbocycles. The molecule has 2 N–H and O–H groups in total. The van der Waals surface area contributed by atoms with Crippen LogP contribution in [-0.2, 0) is 6.42 Å². The van der Waals surface area contributed by atoms with E-state index in [1.54, 1.807) is 30.3 Å². The van der Waals surface area contributed by atoms with Crippen LogP contribution in [0.1, 0.15) is 28.4 Å². The Hall–Kier alpha value is -2.60. The van der Waals surface area contributed by atoms with E-state index in [2.05, 4.69) is 33.0 Å². The van der Waals surface area contributed by atoms with Crippen LogP contribution in [0.3, 0.4) is 0 Å². The van der Waals surface area contributed by atoms with Crippen molar-refractivity contribution in [1.29, 1.82) is 0 Å². The predicted octanol–water partition coefficient (Wildman–Crippen LogP) is 4.05. The number of rotatable bonds is 7. The molecule has 0 radical (unpaired) electrons. The minimum absolute atomic E-state index is 0.123. The molecule has 1 amide bonds. The van der Waals surface area contributed by atoms with Crippen molar-refractivity contribution >= 4 is 28.1 Å². The largest absolute Gasteiger partial charge is 0.507 e. The number of carbonyl (C=O) groups is 1. The summed E-state index contributed by atoms with van der Waals surface area (Å²) in [6.07, 6.45) is 3.66. The zero-order valence-corrected chi connectivity index (χ0v) is 15.4. The molecule has 2 rings (SSSR count). The first kappa shape index (κ1) is 18.7. The summed E-state index contributed by atoms with van der Waals surface area (Å²) in [6.45, 7) is 5.96. The molecule has 2 aromatic rings. The number of aromatic hydroxyl groups is 1. The van der Waals surface area contributed by atoms with Crippen molar-refractivity contribution in [1.82, 2.24) is 5.43 Å². The summed E-state index contributed by atoms with van der Waals surface area (Å²) < 4.78 is 6.22. The number of hydrogen-bond acceptors (Lipinski definition) is 4. The summed E-state index contributed by atoms with van der Waals surface area (Å²) in [5.41, 5.74) is 4.08. The molecular weight excluding hydrogens is 384 g/mol. The van der Waals surface area contributed by atoms with Gasteiger partial charge in [-0.05, 0) is 43.2 Å². The third kappa shape index (κ3) is 4.93. The van der Waals surface area contributed by atoms with E-state index in [1.807, 2.05) is 19.1 Å². The molecule has 0 atom stereocenters. The molecule has 0 bridgehead atoms. The molecule has 25 heavy (non-hydrogen) atoms. The van der Waals surface area contributed by atoms with Gasteiger partial charge in [0.1, 0.15) is 11.5 Å². The molecule has 0 aliphatic carbocycles. The van der Waals surface area contributed by atoms with E-state index in [0.717, 1.165) is 10.0 Å². The normalized spacial score (nSPS) is 10.6. The van der Waals surface area contributed by atoms with Crippen LogP contribution in [0.2, 0.25) is 0 Å². The lowest BCUT2D eigenvalue weighted by Gasteiger charge is -2.09. The lowest BCUT2D eigenvalue weighted by atomic mass is 10.1. The number of nitrogens with one attached hydrogen (secondary N) is 1. The van der Waals surface area contributed by atoms with Crippen LogP contribution < -0.4 is 10.2 Å². The highest BCUT2D eigenvalue weighted by molar-refractivity contribution is 9.10. The Morgan fingerprint density at radius 2 is 2.20 bits per heavy atom. The van der Waals surface area contributed by atoms with Crippen LogP contribution in [0.4, 0.5) is 0 Å². The van der Waals surface area contributed by atoms with Gasteiger partial charge in [-0.2, -0.15) is 5.10 Å². The maximum Gasteiger partial charge on any atom is 0.275 e. The summed E-state index contributed by atoms with van der Waals surface area (Å²) in [4.78, 5) is 12.3. The van der Waals surface area contributed by atoms with E-state index in [1.165, 1.54) is 6.21 Å². The Labute approximate surface area is 155 Å². The van der Waals surface area contributed by atoms with Crippen LogP contribution in [0.25, 0.3) is 0 Å². The molecule has 5 nitrogen and oxygen atoms in total. The molecule has 2 aromatic carbocycles. The van der Waals surface area contributed by atoms with Gasteiger partial charge in [-0.15, -0.1) is 6.58 Å². The van der Waals surface area contributed by atoms with Gasteiger partial charge in [0.05, 0.1) is 18.4 Å². The highest BCUT2D eigenvalue weighted by Gasteiger charge is 2.12. The van der Waals surface area contributed by atoms with Gasteiger partial charge in [0.15, 0.2) is 0 Å². The maximum atomic E-state index is 12.3. The summed E-state index contributed by atoms with van der Waals surface area (Å²) in [7, 11) is 0. The average molecular weight is 403 g/mol. The molecule has 0 unspecified atom stereocenters. The van der Waals surface area contributed by atoms with E-state index >= 15 is 0 Å². The number of carbonyl (C=O) groups excluding carboxylic acids is 1. The Bertz CT molecular complexity index is 803. The van der Waals surface area contributed by atoms with Gasteiger partial charge in [0.25, 0.3) is 5.91 Å². The lowest BCUT2D eigenvalue weighted by Crippen LogP contribution is -2.18. The maximum absolute atomic E-state index is 12.3. The van der Waals surface area contributed by atoms with Gasteiger partial charge in [-0.3, -0.25) is 4.79 Å². The Morgan fingerprint density at radius 1 is 1.40 bits per heavy atom. The minimum Gasteiger partial charge on any atom is -0.507 e. The van der Waals surface area contributed by atoms with E-state index < -0.39 is 5.91 Å². The number of hydrogen-bond donors (Lipinski definition) is 2. The molecule has 0 fully saturated rings. The van der Waals surface area contributed by atoms with E-state index in [9.17, 15) is 9.90 Å². The number of phenols is 1. The second kappa shape index (κ2) is 9.03. The highest BCUT2D eigenvalue weighted by atomic mass is 79.9. The number of hydrazone groups is 1. The number of ether oxygens (including phenoxy) is 1. The molecule has 0 heterocycles. The van der Waals surface area contributed by atoms with Crippen molar-refractivity contribution in [2.45, 2.75) is 13.3 Å². The molecule has 0 aliphatic rings. The fourth-order valence-electron chi connectivity index (χ4n) is 2.22. The van der Waals surface area contributed by atoms with Gasteiger partial charge in [0, 0.05) is 10.0 Å². The van der Waals surface area contributed by atoms with Crippen LogP contribution in [-0.4, -0.2) is 23.8 Å². The van der Waals surface area contributed by atoms with Gasteiger partial charge in [-0.1, -0.05) is 34.1 Å². The van der Waals surface area contributed by atoms with Crippen LogP contribution >= 0.6 is 15.9 Å². The Balaban J connectivity index is 2.15. The number of para-hydroxylation sites is 1. The SMILES string of the molecule is C=CCc1cccc(C=NNC(=O)c2cc(Br)ccc2OCC)c1O. The van der Waals surface area contributed by atoms with Crippen molar-refractivity contribution < 1.29 is 14.6 Å². The molecular formula is C19H19BrN2O3. The number of nitrogens with zero attached hydrogens (tertiary/aromatic N) is 1. The van der Waals surface area contributed by atoms with E-state index in [0.29, 0.717) is 29.9 Å². The number of benzene rings is 2.